The maximum Gasteiger partial charge on any atom is 0.331 e. The summed E-state index contributed by atoms with van der Waals surface area (Å²) in [6.45, 7) is 6.53. The number of fused-ring (bicyclic) bond motifs is 1. The largest absolute Gasteiger partial charge is 0.345 e. The molecule has 10 nitrogen and oxygen atoms in total. The number of anilines is 1. The van der Waals surface area contributed by atoms with Crippen LogP contribution in [0.25, 0.3) is 10.9 Å². The lowest BCUT2D eigenvalue weighted by Crippen LogP contribution is -2.50. The van der Waals surface area contributed by atoms with Crippen LogP contribution in [0, 0.1) is 18.7 Å². The van der Waals surface area contributed by atoms with Crippen LogP contribution in [0.1, 0.15) is 60.3 Å². The molecule has 3 amide bonds. The smallest absolute Gasteiger partial charge is 0.331 e. The number of urea groups is 1. The summed E-state index contributed by atoms with van der Waals surface area (Å²) in [6.07, 6.45) is 4.95. The molecule has 1 aliphatic carbocycles. The number of amides is 3. The van der Waals surface area contributed by atoms with Crippen LogP contribution >= 0.6 is 11.3 Å². The number of thiazole rings is 1. The van der Waals surface area contributed by atoms with Crippen molar-refractivity contribution in [1.82, 2.24) is 24.3 Å². The van der Waals surface area contributed by atoms with Crippen LogP contribution in [0.5, 0.6) is 0 Å². The molecule has 1 atom stereocenters. The van der Waals surface area contributed by atoms with Gasteiger partial charge in [0.25, 0.3) is 11.5 Å². The van der Waals surface area contributed by atoms with E-state index in [9.17, 15) is 19.2 Å². The summed E-state index contributed by atoms with van der Waals surface area (Å²) in [4.78, 5) is 58.5. The molecule has 2 aromatic heterocycles. The van der Waals surface area contributed by atoms with Crippen LogP contribution in [0.4, 0.5) is 14.9 Å². The van der Waals surface area contributed by atoms with E-state index >= 15 is 4.39 Å². The Morgan fingerprint density at radius 2 is 1.97 bits per heavy atom. The molecule has 2 aliphatic rings. The Kier molecular flexibility index (Phi) is 7.08. The number of aryl methyl sites for hydroxylation is 1. The van der Waals surface area contributed by atoms with E-state index in [1.54, 1.807) is 6.20 Å². The van der Waals surface area contributed by atoms with Gasteiger partial charge < -0.3 is 15.5 Å². The van der Waals surface area contributed by atoms with Crippen molar-refractivity contribution in [3.05, 3.63) is 54.9 Å². The first-order chi connectivity index (χ1) is 18.1. The van der Waals surface area contributed by atoms with Gasteiger partial charge >= 0.3 is 11.7 Å². The number of aromatic nitrogens is 3. The van der Waals surface area contributed by atoms with Crippen molar-refractivity contribution in [2.75, 3.05) is 18.4 Å². The lowest BCUT2D eigenvalue weighted by atomic mass is 10.1. The van der Waals surface area contributed by atoms with Crippen LogP contribution in [-0.2, 0) is 6.54 Å². The van der Waals surface area contributed by atoms with Crippen molar-refractivity contribution in [1.29, 1.82) is 0 Å². The highest BCUT2D eigenvalue weighted by atomic mass is 32.1. The van der Waals surface area contributed by atoms with E-state index in [0.717, 1.165) is 23.8 Å². The summed E-state index contributed by atoms with van der Waals surface area (Å²) in [5.74, 6) is -0.722. The molecular formula is C26H31FN6O4S. The number of halogens is 1. The molecule has 38 heavy (non-hydrogen) atoms. The van der Waals surface area contributed by atoms with Gasteiger partial charge in [-0.2, -0.15) is 0 Å². The van der Waals surface area contributed by atoms with Gasteiger partial charge in [-0.05, 0) is 58.4 Å². The average Bonchev–Trinajstić information content (AvgIpc) is 3.59. The van der Waals surface area contributed by atoms with Crippen molar-refractivity contribution in [3.63, 3.8) is 0 Å². The van der Waals surface area contributed by atoms with E-state index in [1.165, 1.54) is 31.4 Å². The van der Waals surface area contributed by atoms with Gasteiger partial charge in [0.05, 0.1) is 16.6 Å². The fraction of sp³-hybridized carbons (Fsp3) is 0.500. The van der Waals surface area contributed by atoms with Gasteiger partial charge in [-0.15, -0.1) is 11.3 Å². The highest BCUT2D eigenvalue weighted by Gasteiger charge is 2.28. The van der Waals surface area contributed by atoms with Crippen molar-refractivity contribution >= 4 is 39.9 Å². The second-order valence-electron chi connectivity index (χ2n) is 10.4. The molecule has 1 saturated heterocycles. The highest BCUT2D eigenvalue weighted by Crippen LogP contribution is 2.30. The van der Waals surface area contributed by atoms with Gasteiger partial charge in [-0.25, -0.2) is 19.0 Å². The summed E-state index contributed by atoms with van der Waals surface area (Å²) in [5, 5.41) is 6.07. The van der Waals surface area contributed by atoms with Crippen molar-refractivity contribution in [3.8, 4) is 0 Å². The molecule has 0 unspecified atom stereocenters. The van der Waals surface area contributed by atoms with Crippen LogP contribution in [0.2, 0.25) is 0 Å². The fourth-order valence-corrected chi connectivity index (χ4v) is 5.56. The Bertz CT molecular complexity index is 1520. The zero-order chi connectivity index (χ0) is 27.1. The third-order valence-electron chi connectivity index (χ3n) is 7.01. The van der Waals surface area contributed by atoms with Crippen LogP contribution in [0.15, 0.2) is 27.9 Å². The Morgan fingerprint density at radius 3 is 2.63 bits per heavy atom. The monoisotopic (exact) mass is 542 g/mol. The average molecular weight is 543 g/mol. The van der Waals surface area contributed by atoms with Crippen molar-refractivity contribution in [2.45, 2.75) is 65.1 Å². The molecule has 1 aromatic carbocycles. The molecule has 3 heterocycles. The summed E-state index contributed by atoms with van der Waals surface area (Å²) in [7, 11) is 0. The summed E-state index contributed by atoms with van der Waals surface area (Å²) >= 11 is 1.30. The number of hydrogen-bond acceptors (Lipinski definition) is 6. The van der Waals surface area contributed by atoms with Crippen molar-refractivity contribution in [2.24, 2.45) is 5.92 Å². The molecule has 202 valence electrons. The highest BCUT2D eigenvalue weighted by molar-refractivity contribution is 7.13. The minimum Gasteiger partial charge on any atom is -0.345 e. The Hall–Kier alpha value is -3.54. The number of hydrogen-bond donors (Lipinski definition) is 2. The molecule has 0 spiro atoms. The zero-order valence-corrected chi connectivity index (χ0v) is 22.4. The van der Waals surface area contributed by atoms with Gasteiger partial charge in [-0.3, -0.25) is 18.7 Å². The molecule has 12 heteroatoms. The molecule has 5 rings (SSSR count). The molecular weight excluding hydrogens is 511 g/mol. The summed E-state index contributed by atoms with van der Waals surface area (Å²) < 4.78 is 17.8. The normalized spacial score (nSPS) is 17.7. The number of nitrogens with zero attached hydrogens (tertiary/aromatic N) is 4. The van der Waals surface area contributed by atoms with E-state index in [-0.39, 0.29) is 41.1 Å². The van der Waals surface area contributed by atoms with E-state index in [2.05, 4.69) is 15.6 Å². The number of benzene rings is 1. The van der Waals surface area contributed by atoms with Gasteiger partial charge in [0.1, 0.15) is 5.82 Å². The van der Waals surface area contributed by atoms with Gasteiger partial charge in [0, 0.05) is 48.9 Å². The van der Waals surface area contributed by atoms with Crippen LogP contribution < -0.4 is 21.9 Å². The molecule has 2 fully saturated rings. The Labute approximate surface area is 222 Å². The first kappa shape index (κ1) is 26.1. The Morgan fingerprint density at radius 1 is 1.21 bits per heavy atom. The molecule has 2 N–H and O–H groups in total. The lowest BCUT2D eigenvalue weighted by Gasteiger charge is -2.33. The van der Waals surface area contributed by atoms with Crippen molar-refractivity contribution < 1.29 is 14.0 Å². The zero-order valence-electron chi connectivity index (χ0n) is 21.6. The van der Waals surface area contributed by atoms with E-state index < -0.39 is 23.1 Å². The quantitative estimate of drug-likeness (QED) is 0.495. The molecule has 1 aliphatic heterocycles. The number of carbonyl (C=O) groups excluding carboxylic acids is 2. The maximum atomic E-state index is 15.2. The fourth-order valence-electron chi connectivity index (χ4n) is 4.89. The number of carbonyl (C=O) groups is 2. The second-order valence-corrected chi connectivity index (χ2v) is 11.7. The Balaban J connectivity index is 1.37. The first-order valence-electron chi connectivity index (χ1n) is 12.9. The van der Waals surface area contributed by atoms with Gasteiger partial charge in [0.2, 0.25) is 0 Å². The minimum absolute atomic E-state index is 0.129. The first-order valence-corrected chi connectivity index (χ1v) is 13.7. The molecule has 0 bridgehead atoms. The van der Waals surface area contributed by atoms with Gasteiger partial charge in [0.15, 0.2) is 5.01 Å². The third-order valence-corrected chi connectivity index (χ3v) is 7.92. The maximum absolute atomic E-state index is 15.2. The number of rotatable bonds is 6. The SMILES string of the molecule is Cc1cnc(C(=O)N[C@@H]2CCCN(C(=O)Nc3cc4c(=O)n(CC5CC5)c(=O)n(C(C)C)c4cc3F)C2)s1. The van der Waals surface area contributed by atoms with Gasteiger partial charge in [-0.1, -0.05) is 0 Å². The number of nitrogens with one attached hydrogen (secondary N) is 2. The number of likely N-dealkylation sites (tertiary alicyclic amines) is 1. The standard InChI is InChI=1S/C26H31FN6O4S/c1-14(2)33-21-10-19(27)20(9-18(21)24(35)32(26(33)37)12-16-6-7-16)30-25(36)31-8-4-5-17(13-31)29-22(34)23-28-11-15(3)38-23/h9-11,14,16-17H,4-8,12-13H2,1-3H3,(H,29,34)(H,30,36)/t17-/m1/s1. The predicted molar refractivity (Wildman–Crippen MR) is 143 cm³/mol. The van der Waals surface area contributed by atoms with E-state index in [0.29, 0.717) is 36.9 Å². The van der Waals surface area contributed by atoms with E-state index in [1.807, 2.05) is 20.8 Å². The minimum atomic E-state index is -0.736. The lowest BCUT2D eigenvalue weighted by molar-refractivity contribution is 0.0912. The molecule has 1 saturated carbocycles. The summed E-state index contributed by atoms with van der Waals surface area (Å²) in [6, 6.07) is 1.39. The second kappa shape index (κ2) is 10.3. The van der Waals surface area contributed by atoms with E-state index in [4.69, 9.17) is 0 Å². The van der Waals surface area contributed by atoms with Crippen LogP contribution in [0.3, 0.4) is 0 Å². The van der Waals surface area contributed by atoms with Crippen LogP contribution in [-0.4, -0.2) is 50.1 Å². The molecule has 3 aromatic rings. The topological polar surface area (TPSA) is 118 Å². The summed E-state index contributed by atoms with van der Waals surface area (Å²) in [5.41, 5.74) is -0.857. The molecule has 0 radical (unpaired) electrons. The third kappa shape index (κ3) is 5.22. The number of piperidine rings is 1. The predicted octanol–water partition coefficient (Wildman–Crippen LogP) is 3.48.